The topological polar surface area (TPSA) is 114 Å². The number of ether oxygens (including phenoxy) is 1. The Hall–Kier alpha value is -3.69. The quantitative estimate of drug-likeness (QED) is 0.566. The monoisotopic (exact) mass is 402 g/mol. The van der Waals surface area contributed by atoms with Crippen molar-refractivity contribution < 1.29 is 23.6 Å². The largest absolute Gasteiger partial charge is 0.484 e. The van der Waals surface area contributed by atoms with Gasteiger partial charge in [-0.3, -0.25) is 30.6 Å². The van der Waals surface area contributed by atoms with E-state index < -0.39 is 29.2 Å². The number of non-ortho nitro benzene ring substituents is 1. The summed E-state index contributed by atoms with van der Waals surface area (Å²) in [4.78, 5) is 36.9. The Kier molecular flexibility index (Phi) is 6.22. The third-order valence-corrected chi connectivity index (χ3v) is 4.38. The molecule has 2 aromatic rings. The van der Waals surface area contributed by atoms with Crippen LogP contribution in [0.15, 0.2) is 42.5 Å². The fourth-order valence-electron chi connectivity index (χ4n) is 2.96. The second-order valence-corrected chi connectivity index (χ2v) is 6.40. The number of hydrogen-bond acceptors (Lipinski definition) is 6. The van der Waals surface area contributed by atoms with Gasteiger partial charge >= 0.3 is 0 Å². The summed E-state index contributed by atoms with van der Waals surface area (Å²) < 4.78 is 18.0. The molecule has 152 valence electrons. The lowest BCUT2D eigenvalue weighted by Gasteiger charge is -2.21. The Balaban J connectivity index is 1.62. The molecule has 1 aliphatic rings. The predicted octanol–water partition coefficient (Wildman–Crippen LogP) is 2.17. The van der Waals surface area contributed by atoms with Gasteiger partial charge in [0.1, 0.15) is 11.6 Å². The summed E-state index contributed by atoms with van der Waals surface area (Å²) >= 11 is 0. The van der Waals surface area contributed by atoms with E-state index >= 15 is 0 Å². The Morgan fingerprint density at radius 1 is 1.10 bits per heavy atom. The van der Waals surface area contributed by atoms with Crippen molar-refractivity contribution in [2.45, 2.75) is 12.8 Å². The molecule has 2 aromatic carbocycles. The molecule has 0 spiro atoms. The second-order valence-electron chi connectivity index (χ2n) is 6.40. The molecule has 0 atom stereocenters. The van der Waals surface area contributed by atoms with E-state index in [1.54, 1.807) is 0 Å². The minimum absolute atomic E-state index is 0.0980. The van der Waals surface area contributed by atoms with Crippen molar-refractivity contribution in [2.24, 2.45) is 0 Å². The molecule has 0 aliphatic carbocycles. The lowest BCUT2D eigenvalue weighted by Crippen LogP contribution is -2.44. The minimum atomic E-state index is -0.675. The number of anilines is 1. The maximum absolute atomic E-state index is 12.9. The molecule has 2 N–H and O–H groups in total. The van der Waals surface area contributed by atoms with Crippen LogP contribution in [0.4, 0.5) is 15.8 Å². The standard InChI is InChI=1S/C19H19FN4O5/c20-13-3-6-15(7-4-13)29-12-18(25)21-22-19(26)16-11-14(24(27)28)5-8-17(16)23-9-1-2-10-23/h3-8,11H,1-2,9-10,12H2,(H,21,25)(H,22,26). The van der Waals surface area contributed by atoms with Crippen molar-refractivity contribution in [3.63, 3.8) is 0 Å². The molecular weight excluding hydrogens is 383 g/mol. The maximum atomic E-state index is 12.9. The minimum Gasteiger partial charge on any atom is -0.484 e. The summed E-state index contributed by atoms with van der Waals surface area (Å²) in [5, 5.41) is 11.1. The number of carbonyl (C=O) groups excluding carboxylic acids is 2. The van der Waals surface area contributed by atoms with Crippen LogP contribution in [-0.2, 0) is 4.79 Å². The van der Waals surface area contributed by atoms with Crippen LogP contribution in [0.3, 0.4) is 0 Å². The zero-order valence-corrected chi connectivity index (χ0v) is 15.4. The van der Waals surface area contributed by atoms with Gasteiger partial charge in [-0.25, -0.2) is 4.39 Å². The van der Waals surface area contributed by atoms with Gasteiger partial charge in [0, 0.05) is 25.2 Å². The van der Waals surface area contributed by atoms with E-state index in [9.17, 15) is 24.1 Å². The first-order valence-corrected chi connectivity index (χ1v) is 8.95. The smallest absolute Gasteiger partial charge is 0.276 e. The van der Waals surface area contributed by atoms with E-state index in [2.05, 4.69) is 10.9 Å². The van der Waals surface area contributed by atoms with Gasteiger partial charge in [-0.15, -0.1) is 0 Å². The second kappa shape index (κ2) is 9.00. The van der Waals surface area contributed by atoms with Gasteiger partial charge in [0.15, 0.2) is 6.61 Å². The molecule has 1 aliphatic heterocycles. The van der Waals surface area contributed by atoms with E-state index in [0.29, 0.717) is 11.4 Å². The third kappa shape index (κ3) is 5.18. The summed E-state index contributed by atoms with van der Waals surface area (Å²) in [5.74, 6) is -1.45. The normalized spacial score (nSPS) is 13.1. The number of rotatable bonds is 6. The van der Waals surface area contributed by atoms with Gasteiger partial charge in [0.25, 0.3) is 17.5 Å². The third-order valence-electron chi connectivity index (χ3n) is 4.38. The van der Waals surface area contributed by atoms with Crippen LogP contribution in [-0.4, -0.2) is 36.4 Å². The molecule has 0 unspecified atom stereocenters. The van der Waals surface area contributed by atoms with Crippen LogP contribution in [0.2, 0.25) is 0 Å². The number of hydrazine groups is 1. The average Bonchev–Trinajstić information content (AvgIpc) is 3.25. The number of halogens is 1. The number of carbonyl (C=O) groups is 2. The van der Waals surface area contributed by atoms with Crippen LogP contribution >= 0.6 is 0 Å². The van der Waals surface area contributed by atoms with Crippen LogP contribution in [0.1, 0.15) is 23.2 Å². The number of nitrogens with one attached hydrogen (secondary N) is 2. The lowest BCUT2D eigenvalue weighted by molar-refractivity contribution is -0.384. The molecule has 1 heterocycles. The molecule has 9 nitrogen and oxygen atoms in total. The van der Waals surface area contributed by atoms with Crippen LogP contribution in [0.5, 0.6) is 5.75 Å². The number of amides is 2. The highest BCUT2D eigenvalue weighted by molar-refractivity contribution is 6.01. The molecule has 10 heteroatoms. The molecule has 1 saturated heterocycles. The highest BCUT2D eigenvalue weighted by atomic mass is 19.1. The average molecular weight is 402 g/mol. The van der Waals surface area contributed by atoms with E-state index in [4.69, 9.17) is 4.74 Å². The summed E-state index contributed by atoms with van der Waals surface area (Å²) in [5.41, 5.74) is 4.90. The molecule has 1 fully saturated rings. The van der Waals surface area contributed by atoms with Gasteiger partial charge < -0.3 is 9.64 Å². The fourth-order valence-corrected chi connectivity index (χ4v) is 2.96. The van der Waals surface area contributed by atoms with Crippen LogP contribution in [0, 0.1) is 15.9 Å². The molecule has 2 amide bonds. The molecular formula is C19H19FN4O5. The van der Waals surface area contributed by atoms with Crippen molar-refractivity contribution >= 4 is 23.2 Å². The molecule has 29 heavy (non-hydrogen) atoms. The predicted molar refractivity (Wildman–Crippen MR) is 102 cm³/mol. The Bertz CT molecular complexity index is 913. The first kappa shape index (κ1) is 20.1. The molecule has 0 radical (unpaired) electrons. The van der Waals surface area contributed by atoms with Crippen molar-refractivity contribution in [1.82, 2.24) is 10.9 Å². The maximum Gasteiger partial charge on any atom is 0.276 e. The Morgan fingerprint density at radius 2 is 1.79 bits per heavy atom. The number of benzene rings is 2. The van der Waals surface area contributed by atoms with Crippen LogP contribution in [0.25, 0.3) is 0 Å². The highest BCUT2D eigenvalue weighted by Crippen LogP contribution is 2.28. The molecule has 0 aromatic heterocycles. The first-order valence-electron chi connectivity index (χ1n) is 8.95. The molecule has 3 rings (SSSR count). The number of hydrogen-bond donors (Lipinski definition) is 2. The summed E-state index contributed by atoms with van der Waals surface area (Å²) in [6.45, 7) is 1.09. The van der Waals surface area contributed by atoms with Crippen molar-refractivity contribution in [3.8, 4) is 5.75 Å². The zero-order chi connectivity index (χ0) is 20.8. The summed E-state index contributed by atoms with van der Waals surface area (Å²) in [6, 6.07) is 9.19. The first-order chi connectivity index (χ1) is 13.9. The number of nitrogens with zero attached hydrogens (tertiary/aromatic N) is 2. The van der Waals surface area contributed by atoms with Gasteiger partial charge in [-0.2, -0.15) is 0 Å². The molecule has 0 saturated carbocycles. The number of nitro groups is 1. The van der Waals surface area contributed by atoms with Gasteiger partial charge in [0.2, 0.25) is 0 Å². The summed E-state index contributed by atoms with van der Waals surface area (Å²) in [7, 11) is 0. The van der Waals surface area contributed by atoms with Crippen molar-refractivity contribution in [3.05, 3.63) is 64.0 Å². The van der Waals surface area contributed by atoms with E-state index in [1.807, 2.05) is 4.90 Å². The van der Waals surface area contributed by atoms with Gasteiger partial charge in [0.05, 0.1) is 16.2 Å². The number of nitro benzene ring substituents is 1. The van der Waals surface area contributed by atoms with Gasteiger partial charge in [-0.1, -0.05) is 0 Å². The SMILES string of the molecule is O=C(COc1ccc(F)cc1)NNC(=O)c1cc([N+](=O)[O-])ccc1N1CCCC1. The Labute approximate surface area is 165 Å². The van der Waals surface area contributed by atoms with E-state index in [1.165, 1.54) is 42.5 Å². The lowest BCUT2D eigenvalue weighted by atomic mass is 10.1. The van der Waals surface area contributed by atoms with Crippen molar-refractivity contribution in [2.75, 3.05) is 24.6 Å². The van der Waals surface area contributed by atoms with E-state index in [-0.39, 0.29) is 11.3 Å². The summed E-state index contributed by atoms with van der Waals surface area (Å²) in [6.07, 6.45) is 1.94. The zero-order valence-electron chi connectivity index (χ0n) is 15.4. The molecule has 0 bridgehead atoms. The van der Waals surface area contributed by atoms with Crippen molar-refractivity contribution in [1.29, 1.82) is 0 Å². The fraction of sp³-hybridized carbons (Fsp3) is 0.263. The van der Waals surface area contributed by atoms with Gasteiger partial charge in [-0.05, 0) is 43.2 Å². The highest BCUT2D eigenvalue weighted by Gasteiger charge is 2.22. The Morgan fingerprint density at radius 3 is 2.45 bits per heavy atom. The van der Waals surface area contributed by atoms with E-state index in [0.717, 1.165) is 25.9 Å². The van der Waals surface area contributed by atoms with Crippen LogP contribution < -0.4 is 20.5 Å².